The van der Waals surface area contributed by atoms with Crippen molar-refractivity contribution in [3.63, 3.8) is 0 Å². The molecule has 2 aromatic rings. The van der Waals surface area contributed by atoms with Crippen LogP contribution in [0, 0.1) is 0 Å². The first-order valence-electron chi connectivity index (χ1n) is 8.59. The van der Waals surface area contributed by atoms with Gasteiger partial charge in [-0.25, -0.2) is 12.7 Å². The Kier molecular flexibility index (Phi) is 4.32. The maximum Gasteiger partial charge on any atom is 0.254 e. The van der Waals surface area contributed by atoms with Gasteiger partial charge in [0.1, 0.15) is 0 Å². The molecular formula is C19H20N2O5S. The molecule has 4 rings (SSSR count). The fraction of sp³-hybridized carbons (Fsp3) is 0.316. The van der Waals surface area contributed by atoms with Gasteiger partial charge in [-0.15, -0.1) is 0 Å². The Bertz CT molecular complexity index is 1020. The molecule has 142 valence electrons. The highest BCUT2D eigenvalue weighted by molar-refractivity contribution is 7.89. The van der Waals surface area contributed by atoms with Crippen molar-refractivity contribution in [2.45, 2.75) is 17.9 Å². The molecule has 0 saturated carbocycles. The van der Waals surface area contributed by atoms with Crippen LogP contribution in [-0.4, -0.2) is 51.0 Å². The number of carbonyl (C=O) groups excluding carboxylic acids is 1. The van der Waals surface area contributed by atoms with E-state index in [1.165, 1.54) is 18.4 Å². The van der Waals surface area contributed by atoms with Gasteiger partial charge in [0.25, 0.3) is 5.91 Å². The third kappa shape index (κ3) is 3.15. The van der Waals surface area contributed by atoms with E-state index in [1.807, 2.05) is 6.07 Å². The second-order valence-electron chi connectivity index (χ2n) is 6.76. The van der Waals surface area contributed by atoms with Crippen molar-refractivity contribution >= 4 is 15.9 Å². The zero-order valence-electron chi connectivity index (χ0n) is 15.1. The lowest BCUT2D eigenvalue weighted by Gasteiger charge is -2.29. The van der Waals surface area contributed by atoms with Crippen molar-refractivity contribution in [1.82, 2.24) is 9.21 Å². The molecule has 0 saturated heterocycles. The molecule has 7 nitrogen and oxygen atoms in total. The summed E-state index contributed by atoms with van der Waals surface area (Å²) in [4.78, 5) is 14.9. The van der Waals surface area contributed by atoms with Crippen LogP contribution in [0.2, 0.25) is 0 Å². The van der Waals surface area contributed by atoms with Crippen LogP contribution in [0.15, 0.2) is 41.3 Å². The molecule has 2 aromatic carbocycles. The lowest BCUT2D eigenvalue weighted by Crippen LogP contribution is -2.36. The Morgan fingerprint density at radius 1 is 1.04 bits per heavy atom. The summed E-state index contributed by atoms with van der Waals surface area (Å²) in [6, 6.07) is 10.3. The molecule has 0 N–H and O–H groups in total. The van der Waals surface area contributed by atoms with Crippen molar-refractivity contribution in [2.75, 3.05) is 27.4 Å². The third-order valence-corrected chi connectivity index (χ3v) is 6.69. The minimum Gasteiger partial charge on any atom is -0.454 e. The van der Waals surface area contributed by atoms with Gasteiger partial charge in [-0.2, -0.15) is 0 Å². The summed E-state index contributed by atoms with van der Waals surface area (Å²) in [6.07, 6.45) is 0.688. The maximum atomic E-state index is 12.9. The van der Waals surface area contributed by atoms with Crippen LogP contribution in [0.25, 0.3) is 0 Å². The smallest absolute Gasteiger partial charge is 0.254 e. The van der Waals surface area contributed by atoms with Gasteiger partial charge in [0.2, 0.25) is 16.8 Å². The van der Waals surface area contributed by atoms with Gasteiger partial charge in [-0.05, 0) is 47.9 Å². The average molecular weight is 388 g/mol. The second-order valence-corrected chi connectivity index (χ2v) is 8.91. The van der Waals surface area contributed by atoms with Gasteiger partial charge < -0.3 is 14.4 Å². The van der Waals surface area contributed by atoms with Crippen LogP contribution < -0.4 is 9.47 Å². The van der Waals surface area contributed by atoms with Crippen LogP contribution in [0.5, 0.6) is 11.5 Å². The zero-order valence-corrected chi connectivity index (χ0v) is 16.0. The van der Waals surface area contributed by atoms with E-state index >= 15 is 0 Å². The molecule has 8 heteroatoms. The topological polar surface area (TPSA) is 76.2 Å². The van der Waals surface area contributed by atoms with Crippen molar-refractivity contribution in [1.29, 1.82) is 0 Å². The minimum atomic E-state index is -3.51. The highest BCUT2D eigenvalue weighted by Gasteiger charge is 2.26. The Labute approximate surface area is 158 Å². The average Bonchev–Trinajstić information content (AvgIpc) is 3.14. The maximum absolute atomic E-state index is 12.9. The molecular weight excluding hydrogens is 368 g/mol. The highest BCUT2D eigenvalue weighted by atomic mass is 32.2. The lowest BCUT2D eigenvalue weighted by molar-refractivity contribution is 0.0734. The molecule has 27 heavy (non-hydrogen) atoms. The van der Waals surface area contributed by atoms with Gasteiger partial charge in [0, 0.05) is 32.7 Å². The highest BCUT2D eigenvalue weighted by Crippen LogP contribution is 2.33. The molecule has 0 aromatic heterocycles. The first kappa shape index (κ1) is 17.8. The van der Waals surface area contributed by atoms with E-state index < -0.39 is 10.0 Å². The zero-order chi connectivity index (χ0) is 19.2. The molecule has 0 unspecified atom stereocenters. The van der Waals surface area contributed by atoms with Crippen molar-refractivity contribution in [2.24, 2.45) is 0 Å². The van der Waals surface area contributed by atoms with E-state index in [1.54, 1.807) is 35.2 Å². The summed E-state index contributed by atoms with van der Waals surface area (Å²) in [5.41, 5.74) is 2.46. The SMILES string of the molecule is CN(C)S(=O)(=O)c1ccc2c(c1)CN(C(=O)c1ccc3c(c1)OCO3)CC2. The number of fused-ring (bicyclic) bond motifs is 2. The van der Waals surface area contributed by atoms with Gasteiger partial charge in [0.05, 0.1) is 4.90 Å². The summed E-state index contributed by atoms with van der Waals surface area (Å²) < 4.78 is 36.6. The minimum absolute atomic E-state index is 0.111. The molecule has 0 atom stereocenters. The van der Waals surface area contributed by atoms with E-state index in [4.69, 9.17) is 9.47 Å². The molecule has 2 aliphatic heterocycles. The van der Waals surface area contributed by atoms with Gasteiger partial charge in [-0.1, -0.05) is 6.07 Å². The Morgan fingerprint density at radius 3 is 2.59 bits per heavy atom. The fourth-order valence-corrected chi connectivity index (χ4v) is 4.24. The first-order chi connectivity index (χ1) is 12.9. The molecule has 0 aliphatic carbocycles. The third-order valence-electron chi connectivity index (χ3n) is 4.88. The number of hydrogen-bond acceptors (Lipinski definition) is 5. The first-order valence-corrected chi connectivity index (χ1v) is 10.0. The van der Waals surface area contributed by atoms with E-state index in [0.29, 0.717) is 36.6 Å². The standard InChI is InChI=1S/C19H20N2O5S/c1-20(2)27(23,24)16-5-3-13-7-8-21(11-15(13)9-16)19(22)14-4-6-17-18(10-14)26-12-25-17/h3-6,9-10H,7-8,11-12H2,1-2H3. The molecule has 0 bridgehead atoms. The van der Waals surface area contributed by atoms with E-state index in [0.717, 1.165) is 11.1 Å². The lowest BCUT2D eigenvalue weighted by atomic mass is 9.99. The summed E-state index contributed by atoms with van der Waals surface area (Å²) in [6.45, 7) is 1.12. The van der Waals surface area contributed by atoms with Gasteiger partial charge >= 0.3 is 0 Å². The predicted molar refractivity (Wildman–Crippen MR) is 98.3 cm³/mol. The molecule has 0 spiro atoms. The largest absolute Gasteiger partial charge is 0.454 e. The summed E-state index contributed by atoms with van der Waals surface area (Å²) >= 11 is 0. The molecule has 2 heterocycles. The van der Waals surface area contributed by atoms with Crippen LogP contribution in [0.3, 0.4) is 0 Å². The Balaban J connectivity index is 1.60. The molecule has 1 amide bonds. The van der Waals surface area contributed by atoms with Crippen LogP contribution in [0.4, 0.5) is 0 Å². The number of sulfonamides is 1. The summed E-state index contributed by atoms with van der Waals surface area (Å²) in [5, 5.41) is 0. The second kappa shape index (κ2) is 6.54. The Hall–Kier alpha value is -2.58. The molecule has 0 radical (unpaired) electrons. The summed E-state index contributed by atoms with van der Waals surface area (Å²) in [7, 11) is -0.499. The van der Waals surface area contributed by atoms with Crippen molar-refractivity contribution in [3.8, 4) is 11.5 Å². The van der Waals surface area contributed by atoms with E-state index in [-0.39, 0.29) is 17.6 Å². The van der Waals surface area contributed by atoms with E-state index in [9.17, 15) is 13.2 Å². The summed E-state index contributed by atoms with van der Waals surface area (Å²) in [5.74, 6) is 1.09. The predicted octanol–water partition coefficient (Wildman–Crippen LogP) is 1.86. The number of benzene rings is 2. The van der Waals surface area contributed by atoms with Gasteiger partial charge in [-0.3, -0.25) is 4.79 Å². The van der Waals surface area contributed by atoms with Crippen molar-refractivity contribution < 1.29 is 22.7 Å². The number of ether oxygens (including phenoxy) is 2. The van der Waals surface area contributed by atoms with Crippen LogP contribution >= 0.6 is 0 Å². The van der Waals surface area contributed by atoms with Gasteiger partial charge in [0.15, 0.2) is 11.5 Å². The number of nitrogens with zero attached hydrogens (tertiary/aromatic N) is 2. The normalized spacial score (nSPS) is 15.7. The fourth-order valence-electron chi connectivity index (χ4n) is 3.29. The number of rotatable bonds is 3. The number of carbonyl (C=O) groups is 1. The molecule has 0 fully saturated rings. The van der Waals surface area contributed by atoms with Crippen LogP contribution in [0.1, 0.15) is 21.5 Å². The van der Waals surface area contributed by atoms with E-state index in [2.05, 4.69) is 0 Å². The quantitative estimate of drug-likeness (QED) is 0.802. The number of amides is 1. The van der Waals surface area contributed by atoms with Crippen molar-refractivity contribution in [3.05, 3.63) is 53.1 Å². The molecule has 2 aliphatic rings. The van der Waals surface area contributed by atoms with Crippen LogP contribution in [-0.2, 0) is 23.0 Å². The Morgan fingerprint density at radius 2 is 1.81 bits per heavy atom. The monoisotopic (exact) mass is 388 g/mol. The number of hydrogen-bond donors (Lipinski definition) is 0.